The molecule has 0 saturated carbocycles. The van der Waals surface area contributed by atoms with E-state index in [4.69, 9.17) is 0 Å². The molecule has 148 valence electrons. The SMILES string of the molecule is CC[NH+]1C(=CC=c2ccc3c(c2)C=CC(=O)C=3)C(C)(C)c2c1ccc1ccccc21. The molecule has 1 heterocycles. The molecule has 3 aromatic rings. The van der Waals surface area contributed by atoms with Crippen molar-refractivity contribution in [3.63, 3.8) is 0 Å². The third-order valence-corrected chi connectivity index (χ3v) is 6.51. The zero-order valence-corrected chi connectivity index (χ0v) is 17.7. The molecule has 30 heavy (non-hydrogen) atoms. The molecule has 0 fully saturated rings. The van der Waals surface area contributed by atoms with E-state index in [1.807, 2.05) is 12.1 Å². The largest absolute Gasteiger partial charge is 0.290 e. The first-order valence-corrected chi connectivity index (χ1v) is 10.6. The molecule has 1 N–H and O–H groups in total. The monoisotopic (exact) mass is 392 g/mol. The summed E-state index contributed by atoms with van der Waals surface area (Å²) in [5, 5.41) is 4.81. The van der Waals surface area contributed by atoms with Crippen LogP contribution < -0.4 is 15.3 Å². The van der Waals surface area contributed by atoms with Gasteiger partial charge in [0.1, 0.15) is 11.4 Å². The summed E-state index contributed by atoms with van der Waals surface area (Å²) in [6.07, 6.45) is 9.76. The van der Waals surface area contributed by atoms with Gasteiger partial charge in [-0.25, -0.2) is 0 Å². The van der Waals surface area contributed by atoms with Gasteiger partial charge in [0.2, 0.25) is 0 Å². The maximum absolute atomic E-state index is 11.6. The van der Waals surface area contributed by atoms with E-state index in [0.717, 1.165) is 22.5 Å². The summed E-state index contributed by atoms with van der Waals surface area (Å²) in [7, 11) is 0. The minimum absolute atomic E-state index is 0.0493. The lowest BCUT2D eigenvalue weighted by Crippen LogP contribution is -3.04. The van der Waals surface area contributed by atoms with Crippen LogP contribution in [0.1, 0.15) is 31.9 Å². The van der Waals surface area contributed by atoms with E-state index in [9.17, 15) is 4.79 Å². The molecule has 3 aromatic carbocycles. The number of ketones is 1. The number of likely N-dealkylation sites (N-methyl/N-ethyl adjacent to an activating group) is 1. The van der Waals surface area contributed by atoms with Crippen LogP contribution in [0.5, 0.6) is 0 Å². The Hall–Kier alpha value is -3.23. The van der Waals surface area contributed by atoms with Crippen molar-refractivity contribution in [3.8, 4) is 0 Å². The minimum atomic E-state index is -0.0493. The van der Waals surface area contributed by atoms with Crippen molar-refractivity contribution in [2.45, 2.75) is 26.2 Å². The molecule has 0 saturated heterocycles. The third-order valence-electron chi connectivity index (χ3n) is 6.51. The maximum atomic E-state index is 11.6. The van der Waals surface area contributed by atoms with Gasteiger partial charge in [-0.2, -0.15) is 0 Å². The predicted molar refractivity (Wildman–Crippen MR) is 125 cm³/mol. The summed E-state index contributed by atoms with van der Waals surface area (Å²) in [6, 6.07) is 19.5. The number of hydrogen-bond acceptors (Lipinski definition) is 1. The third kappa shape index (κ3) is 2.88. The van der Waals surface area contributed by atoms with Gasteiger partial charge in [-0.1, -0.05) is 42.5 Å². The minimum Gasteiger partial charge on any atom is -0.290 e. The number of carbonyl (C=O) groups excluding carboxylic acids is 1. The Labute approximate surface area is 177 Å². The molecule has 1 aliphatic carbocycles. The van der Waals surface area contributed by atoms with Gasteiger partial charge in [0.15, 0.2) is 5.78 Å². The fraction of sp³-hybridized carbons (Fsp3) is 0.179. The number of allylic oxidation sites excluding steroid dienone is 3. The Bertz CT molecular complexity index is 1370. The van der Waals surface area contributed by atoms with Crippen LogP contribution in [0.2, 0.25) is 0 Å². The van der Waals surface area contributed by atoms with Crippen molar-refractivity contribution in [1.29, 1.82) is 0 Å². The molecule has 1 atom stereocenters. The molecular weight excluding hydrogens is 366 g/mol. The van der Waals surface area contributed by atoms with Crippen molar-refractivity contribution in [1.82, 2.24) is 0 Å². The van der Waals surface area contributed by atoms with Gasteiger partial charge in [0.25, 0.3) is 0 Å². The number of rotatable bonds is 2. The van der Waals surface area contributed by atoms with Crippen LogP contribution >= 0.6 is 0 Å². The van der Waals surface area contributed by atoms with Crippen LogP contribution in [0.25, 0.3) is 29.0 Å². The van der Waals surface area contributed by atoms with Crippen LogP contribution in [0.15, 0.2) is 72.4 Å². The topological polar surface area (TPSA) is 21.5 Å². The Morgan fingerprint density at radius 1 is 0.967 bits per heavy atom. The molecule has 2 aliphatic rings. The van der Waals surface area contributed by atoms with Crippen LogP contribution in [-0.4, -0.2) is 12.3 Å². The predicted octanol–water partition coefficient (Wildman–Crippen LogP) is 3.41. The second kappa shape index (κ2) is 6.93. The molecule has 0 aromatic heterocycles. The van der Waals surface area contributed by atoms with Crippen molar-refractivity contribution in [2.75, 3.05) is 6.54 Å². The van der Waals surface area contributed by atoms with Gasteiger partial charge in [-0.05, 0) is 84.0 Å². The highest BCUT2D eigenvalue weighted by molar-refractivity contribution is 6.16. The molecule has 0 radical (unpaired) electrons. The summed E-state index contributed by atoms with van der Waals surface area (Å²) >= 11 is 0. The molecule has 5 rings (SSSR count). The second-order valence-electron chi connectivity index (χ2n) is 8.68. The van der Waals surface area contributed by atoms with Gasteiger partial charge in [-0.3, -0.25) is 9.69 Å². The van der Waals surface area contributed by atoms with Crippen LogP contribution in [0.4, 0.5) is 5.69 Å². The lowest BCUT2D eigenvalue weighted by Gasteiger charge is -2.20. The van der Waals surface area contributed by atoms with Crippen LogP contribution in [0.3, 0.4) is 0 Å². The summed E-state index contributed by atoms with van der Waals surface area (Å²) < 4.78 is 0. The molecule has 1 unspecified atom stereocenters. The van der Waals surface area contributed by atoms with E-state index >= 15 is 0 Å². The number of fused-ring (bicyclic) bond motifs is 4. The molecule has 2 nitrogen and oxygen atoms in total. The van der Waals surface area contributed by atoms with E-state index < -0.39 is 0 Å². The fourth-order valence-corrected chi connectivity index (χ4v) is 5.07. The van der Waals surface area contributed by atoms with Gasteiger partial charge >= 0.3 is 0 Å². The van der Waals surface area contributed by atoms with Crippen LogP contribution in [0, 0.1) is 0 Å². The summed E-state index contributed by atoms with van der Waals surface area (Å²) in [5.41, 5.74) is 5.28. The van der Waals surface area contributed by atoms with Gasteiger partial charge in [-0.15, -0.1) is 0 Å². The van der Waals surface area contributed by atoms with Gasteiger partial charge in [0.05, 0.1) is 12.0 Å². The highest BCUT2D eigenvalue weighted by Gasteiger charge is 2.45. The lowest BCUT2D eigenvalue weighted by molar-refractivity contribution is -0.786. The highest BCUT2D eigenvalue weighted by Crippen LogP contribution is 2.42. The van der Waals surface area contributed by atoms with Gasteiger partial charge < -0.3 is 0 Å². The Morgan fingerprint density at radius 3 is 2.63 bits per heavy atom. The molecule has 1 aliphatic heterocycles. The molecule has 2 heteroatoms. The van der Waals surface area contributed by atoms with Crippen molar-refractivity contribution in [2.24, 2.45) is 0 Å². The summed E-state index contributed by atoms with van der Waals surface area (Å²) in [4.78, 5) is 13.0. The summed E-state index contributed by atoms with van der Waals surface area (Å²) in [5.74, 6) is 0.0567. The molecular formula is C28H26NO+. The average Bonchev–Trinajstić information content (AvgIpc) is 2.98. The molecule has 0 spiro atoms. The Kier molecular flexibility index (Phi) is 4.34. The van der Waals surface area contributed by atoms with Crippen molar-refractivity contribution in [3.05, 3.63) is 94.0 Å². The van der Waals surface area contributed by atoms with Gasteiger partial charge in [0, 0.05) is 11.6 Å². The number of hydrogen-bond donors (Lipinski definition) is 1. The first-order valence-electron chi connectivity index (χ1n) is 10.6. The first-order chi connectivity index (χ1) is 14.5. The van der Waals surface area contributed by atoms with Crippen molar-refractivity contribution >= 4 is 40.5 Å². The maximum Gasteiger partial charge on any atom is 0.179 e. The first kappa shape index (κ1) is 18.8. The number of nitrogens with one attached hydrogen (secondary N) is 1. The van der Waals surface area contributed by atoms with E-state index in [1.54, 1.807) is 12.2 Å². The van der Waals surface area contributed by atoms with E-state index in [0.29, 0.717) is 0 Å². The highest BCUT2D eigenvalue weighted by atomic mass is 16.1. The molecule has 0 amide bonds. The zero-order valence-electron chi connectivity index (χ0n) is 17.7. The number of carbonyl (C=O) groups is 1. The standard InChI is InChI=1S/C28H25NO/c1-4-29-25-15-13-20-7-5-6-8-24(20)27(25)28(2,3)26(29)16-10-19-9-11-22-18-23(30)14-12-21(22)17-19/h5-18H,4H2,1-3H3/p+1. The summed E-state index contributed by atoms with van der Waals surface area (Å²) in [6.45, 7) is 7.95. The number of benzene rings is 3. The smallest absolute Gasteiger partial charge is 0.179 e. The lowest BCUT2D eigenvalue weighted by atomic mass is 9.81. The van der Waals surface area contributed by atoms with E-state index in [-0.39, 0.29) is 11.2 Å². The number of quaternary nitrogens is 1. The van der Waals surface area contributed by atoms with Crippen LogP contribution in [-0.2, 0) is 10.2 Å². The second-order valence-corrected chi connectivity index (χ2v) is 8.68. The van der Waals surface area contributed by atoms with E-state index in [1.165, 1.54) is 32.6 Å². The molecule has 0 bridgehead atoms. The quantitative estimate of drug-likeness (QED) is 0.709. The zero-order chi connectivity index (χ0) is 20.9. The van der Waals surface area contributed by atoms with E-state index in [2.05, 4.69) is 81.5 Å². The average molecular weight is 393 g/mol. The Balaban J connectivity index is 1.66. The fourth-order valence-electron chi connectivity index (χ4n) is 5.07. The van der Waals surface area contributed by atoms with Crippen molar-refractivity contribution < 1.29 is 9.69 Å². The normalized spacial score (nSPS) is 21.0. The Morgan fingerprint density at radius 2 is 1.80 bits per heavy atom.